The van der Waals surface area contributed by atoms with E-state index in [1.807, 2.05) is 0 Å². The molecule has 0 radical (unpaired) electrons. The van der Waals surface area contributed by atoms with Gasteiger partial charge in [-0.1, -0.05) is 12.2 Å². The van der Waals surface area contributed by atoms with Crippen LogP contribution in [-0.4, -0.2) is 28.5 Å². The molecule has 1 aromatic rings. The van der Waals surface area contributed by atoms with Gasteiger partial charge in [0.2, 0.25) is 0 Å². The van der Waals surface area contributed by atoms with Gasteiger partial charge in [0.25, 0.3) is 5.69 Å². The lowest BCUT2D eigenvalue weighted by Crippen LogP contribution is -2.45. The van der Waals surface area contributed by atoms with Crippen molar-refractivity contribution < 1.29 is 4.92 Å². The highest BCUT2D eigenvalue weighted by Crippen LogP contribution is 2.25. The third kappa shape index (κ3) is 4.39. The zero-order chi connectivity index (χ0) is 15.5. The van der Waals surface area contributed by atoms with Crippen molar-refractivity contribution in [3.63, 3.8) is 0 Å². The minimum absolute atomic E-state index is 0.144. The predicted octanol–water partition coefficient (Wildman–Crippen LogP) is 4.12. The minimum Gasteiger partial charge on any atom is -0.298 e. The summed E-state index contributed by atoms with van der Waals surface area (Å²) < 4.78 is 0. The molecule has 0 amide bonds. The van der Waals surface area contributed by atoms with E-state index < -0.39 is 0 Å². The quantitative estimate of drug-likeness (QED) is 0.621. The van der Waals surface area contributed by atoms with Crippen molar-refractivity contribution >= 4 is 11.8 Å². The summed E-state index contributed by atoms with van der Waals surface area (Å²) in [5.74, 6) is 0.610. The van der Waals surface area contributed by atoms with Crippen LogP contribution in [0.25, 0.3) is 6.08 Å². The Labute approximate surface area is 126 Å². The van der Waals surface area contributed by atoms with Gasteiger partial charge < -0.3 is 0 Å². The van der Waals surface area contributed by atoms with Crippen molar-refractivity contribution in [2.24, 2.45) is 5.92 Å². The second-order valence-corrected chi connectivity index (χ2v) is 6.70. The predicted molar refractivity (Wildman–Crippen MR) is 86.2 cm³/mol. The molecule has 1 fully saturated rings. The van der Waals surface area contributed by atoms with Crippen molar-refractivity contribution in [1.82, 2.24) is 4.90 Å². The summed E-state index contributed by atoms with van der Waals surface area (Å²) in [6.07, 6.45) is 6.70. The lowest BCUT2D eigenvalue weighted by Gasteiger charge is -2.40. The van der Waals surface area contributed by atoms with Gasteiger partial charge in [-0.25, -0.2) is 0 Å². The Kier molecular flexibility index (Phi) is 4.78. The standard InChI is InChI=1S/C17H24N2O2/c1-17(2,3)18-12-10-15(11-13-18)5-4-14-6-8-16(9-7-14)19(20)21/h4-9,15H,10-13H2,1-3H3/b5-4+. The molecule has 1 aliphatic heterocycles. The summed E-state index contributed by atoms with van der Waals surface area (Å²) in [6.45, 7) is 9.07. The second kappa shape index (κ2) is 6.39. The van der Waals surface area contributed by atoms with Crippen LogP contribution in [0.15, 0.2) is 30.3 Å². The zero-order valence-electron chi connectivity index (χ0n) is 13.1. The largest absolute Gasteiger partial charge is 0.298 e. The maximum Gasteiger partial charge on any atom is 0.269 e. The molecule has 1 saturated heterocycles. The Morgan fingerprint density at radius 3 is 2.24 bits per heavy atom. The highest BCUT2D eigenvalue weighted by atomic mass is 16.6. The Bertz CT molecular complexity index is 507. The van der Waals surface area contributed by atoms with Crippen LogP contribution in [0.4, 0.5) is 5.69 Å². The molecular weight excluding hydrogens is 264 g/mol. The number of nitro groups is 1. The molecule has 0 aliphatic carbocycles. The summed E-state index contributed by atoms with van der Waals surface area (Å²) in [6, 6.07) is 6.72. The smallest absolute Gasteiger partial charge is 0.269 e. The molecule has 1 aliphatic rings. The summed E-state index contributed by atoms with van der Waals surface area (Å²) in [5.41, 5.74) is 1.43. The summed E-state index contributed by atoms with van der Waals surface area (Å²) in [5, 5.41) is 10.6. The van der Waals surface area contributed by atoms with E-state index in [-0.39, 0.29) is 16.1 Å². The first-order chi connectivity index (χ1) is 9.86. The fourth-order valence-electron chi connectivity index (χ4n) is 2.72. The third-order valence-electron chi connectivity index (χ3n) is 4.15. The molecule has 0 spiro atoms. The van der Waals surface area contributed by atoms with E-state index in [0.29, 0.717) is 5.92 Å². The molecule has 1 aromatic carbocycles. The lowest BCUT2D eigenvalue weighted by molar-refractivity contribution is -0.384. The van der Waals surface area contributed by atoms with E-state index in [2.05, 4.69) is 37.8 Å². The first kappa shape index (κ1) is 15.7. The van der Waals surface area contributed by atoms with Crippen LogP contribution in [-0.2, 0) is 0 Å². The Morgan fingerprint density at radius 1 is 1.19 bits per heavy atom. The number of rotatable bonds is 3. The van der Waals surface area contributed by atoms with Crippen LogP contribution in [0.2, 0.25) is 0 Å². The Morgan fingerprint density at radius 2 is 1.76 bits per heavy atom. The summed E-state index contributed by atoms with van der Waals surface area (Å²) in [7, 11) is 0. The van der Waals surface area contributed by atoms with Gasteiger partial charge in [-0.15, -0.1) is 0 Å². The van der Waals surface area contributed by atoms with E-state index in [1.165, 1.54) is 12.8 Å². The molecule has 114 valence electrons. The van der Waals surface area contributed by atoms with Crippen LogP contribution in [0.3, 0.4) is 0 Å². The molecule has 21 heavy (non-hydrogen) atoms. The van der Waals surface area contributed by atoms with Gasteiger partial charge in [0.1, 0.15) is 0 Å². The number of benzene rings is 1. The van der Waals surface area contributed by atoms with Crippen LogP contribution in [0, 0.1) is 16.0 Å². The van der Waals surface area contributed by atoms with E-state index in [0.717, 1.165) is 18.7 Å². The van der Waals surface area contributed by atoms with Crippen LogP contribution in [0.5, 0.6) is 0 Å². The minimum atomic E-state index is -0.365. The fourth-order valence-corrected chi connectivity index (χ4v) is 2.72. The number of nitrogens with zero attached hydrogens (tertiary/aromatic N) is 2. The molecule has 0 atom stereocenters. The topological polar surface area (TPSA) is 46.4 Å². The molecule has 0 bridgehead atoms. The number of piperidine rings is 1. The van der Waals surface area contributed by atoms with E-state index in [1.54, 1.807) is 24.3 Å². The number of likely N-dealkylation sites (tertiary alicyclic amines) is 1. The number of allylic oxidation sites excluding steroid dienone is 1. The number of non-ortho nitro benzene ring substituents is 1. The van der Waals surface area contributed by atoms with Gasteiger partial charge >= 0.3 is 0 Å². The van der Waals surface area contributed by atoms with Crippen molar-refractivity contribution in [3.05, 3.63) is 46.0 Å². The SMILES string of the molecule is CC(C)(C)N1CCC(/C=C/c2ccc([N+](=O)[O-])cc2)CC1. The van der Waals surface area contributed by atoms with Crippen LogP contribution < -0.4 is 0 Å². The van der Waals surface area contributed by atoms with Gasteiger partial charge in [-0.2, -0.15) is 0 Å². The molecule has 4 heteroatoms. The molecule has 0 aromatic heterocycles. The van der Waals surface area contributed by atoms with Gasteiger partial charge in [-0.3, -0.25) is 15.0 Å². The zero-order valence-corrected chi connectivity index (χ0v) is 13.1. The number of hydrogen-bond acceptors (Lipinski definition) is 3. The highest BCUT2D eigenvalue weighted by Gasteiger charge is 2.25. The fraction of sp³-hybridized carbons (Fsp3) is 0.529. The molecular formula is C17H24N2O2. The van der Waals surface area contributed by atoms with Crippen LogP contribution in [0.1, 0.15) is 39.2 Å². The average Bonchev–Trinajstić information content (AvgIpc) is 2.45. The summed E-state index contributed by atoms with van der Waals surface area (Å²) >= 11 is 0. The first-order valence-electron chi connectivity index (χ1n) is 7.54. The maximum absolute atomic E-state index is 10.6. The maximum atomic E-state index is 10.6. The average molecular weight is 288 g/mol. The van der Waals surface area contributed by atoms with E-state index in [4.69, 9.17) is 0 Å². The molecule has 2 rings (SSSR count). The first-order valence-corrected chi connectivity index (χ1v) is 7.54. The van der Waals surface area contributed by atoms with Crippen molar-refractivity contribution in [1.29, 1.82) is 0 Å². The second-order valence-electron chi connectivity index (χ2n) is 6.70. The highest BCUT2D eigenvalue weighted by molar-refractivity contribution is 5.52. The number of hydrogen-bond donors (Lipinski definition) is 0. The van der Waals surface area contributed by atoms with Crippen molar-refractivity contribution in [2.75, 3.05) is 13.1 Å². The molecule has 0 unspecified atom stereocenters. The van der Waals surface area contributed by atoms with E-state index >= 15 is 0 Å². The third-order valence-corrected chi connectivity index (χ3v) is 4.15. The lowest BCUT2D eigenvalue weighted by atomic mass is 9.92. The Hall–Kier alpha value is -1.68. The molecule has 0 saturated carbocycles. The summed E-state index contributed by atoms with van der Waals surface area (Å²) in [4.78, 5) is 12.8. The Balaban J connectivity index is 1.89. The van der Waals surface area contributed by atoms with Gasteiger partial charge in [-0.05, 0) is 70.3 Å². The van der Waals surface area contributed by atoms with Gasteiger partial charge in [0, 0.05) is 17.7 Å². The molecule has 4 nitrogen and oxygen atoms in total. The number of nitro benzene ring substituents is 1. The van der Waals surface area contributed by atoms with E-state index in [9.17, 15) is 10.1 Å². The molecule has 1 heterocycles. The van der Waals surface area contributed by atoms with Gasteiger partial charge in [0.15, 0.2) is 0 Å². The molecule has 0 N–H and O–H groups in total. The monoisotopic (exact) mass is 288 g/mol. The van der Waals surface area contributed by atoms with Crippen LogP contribution >= 0.6 is 0 Å². The van der Waals surface area contributed by atoms with Crippen molar-refractivity contribution in [2.45, 2.75) is 39.2 Å². The normalized spacial score (nSPS) is 18.2. The van der Waals surface area contributed by atoms with Gasteiger partial charge in [0.05, 0.1) is 4.92 Å². The van der Waals surface area contributed by atoms with Crippen molar-refractivity contribution in [3.8, 4) is 0 Å².